The molecule has 0 bridgehead atoms. The average Bonchev–Trinajstić information content (AvgIpc) is 2.87. The van der Waals surface area contributed by atoms with Gasteiger partial charge in [0.15, 0.2) is 0 Å². The molecule has 0 radical (unpaired) electrons. The molecule has 0 aromatic carbocycles. The standard InChI is InChI=1S/C12H15BrN2OS2/c1-6-5-9(18-10(6)13)12(16)15-8-4-2-3-7(8)11(14)17/h5,7-8H,2-4H2,1H3,(H2,14,17)(H,15,16). The highest BCUT2D eigenvalue weighted by molar-refractivity contribution is 9.11. The van der Waals surface area contributed by atoms with Crippen LogP contribution in [0.2, 0.25) is 0 Å². The molecule has 18 heavy (non-hydrogen) atoms. The molecule has 1 aliphatic rings. The van der Waals surface area contributed by atoms with E-state index in [1.165, 1.54) is 11.3 Å². The van der Waals surface area contributed by atoms with E-state index in [-0.39, 0.29) is 17.9 Å². The van der Waals surface area contributed by atoms with E-state index in [0.29, 0.717) is 4.99 Å². The Labute approximate surface area is 124 Å². The average molecular weight is 347 g/mol. The summed E-state index contributed by atoms with van der Waals surface area (Å²) in [6.07, 6.45) is 3.01. The molecule has 1 aliphatic carbocycles. The zero-order chi connectivity index (χ0) is 13.3. The summed E-state index contributed by atoms with van der Waals surface area (Å²) in [6.45, 7) is 1.98. The molecule has 0 spiro atoms. The number of aryl methyl sites for hydroxylation is 1. The third kappa shape index (κ3) is 2.92. The lowest BCUT2D eigenvalue weighted by Crippen LogP contribution is -2.41. The molecule has 1 aromatic heterocycles. The predicted molar refractivity (Wildman–Crippen MR) is 82.1 cm³/mol. The maximum absolute atomic E-state index is 12.1. The van der Waals surface area contributed by atoms with E-state index in [0.717, 1.165) is 33.5 Å². The Morgan fingerprint density at radius 1 is 1.61 bits per heavy atom. The van der Waals surface area contributed by atoms with Gasteiger partial charge in [-0.2, -0.15) is 0 Å². The number of carbonyl (C=O) groups excluding carboxylic acids is 1. The number of thiocarbonyl (C=S) groups is 1. The second-order valence-electron chi connectivity index (χ2n) is 4.59. The molecule has 2 unspecified atom stereocenters. The number of rotatable bonds is 3. The highest BCUT2D eigenvalue weighted by Crippen LogP contribution is 2.29. The van der Waals surface area contributed by atoms with E-state index in [9.17, 15) is 4.79 Å². The molecule has 3 nitrogen and oxygen atoms in total. The van der Waals surface area contributed by atoms with Gasteiger partial charge in [0.25, 0.3) is 5.91 Å². The summed E-state index contributed by atoms with van der Waals surface area (Å²) < 4.78 is 1.00. The van der Waals surface area contributed by atoms with Gasteiger partial charge in [-0.15, -0.1) is 11.3 Å². The van der Waals surface area contributed by atoms with Gasteiger partial charge in [-0.1, -0.05) is 18.6 Å². The minimum absolute atomic E-state index is 0.0260. The van der Waals surface area contributed by atoms with Crippen LogP contribution < -0.4 is 11.1 Å². The maximum atomic E-state index is 12.1. The molecule has 1 aromatic rings. The van der Waals surface area contributed by atoms with Crippen LogP contribution in [0, 0.1) is 12.8 Å². The van der Waals surface area contributed by atoms with E-state index in [4.69, 9.17) is 18.0 Å². The first-order valence-corrected chi connectivity index (χ1v) is 7.87. The Hall–Kier alpha value is -0.460. The highest BCUT2D eigenvalue weighted by atomic mass is 79.9. The summed E-state index contributed by atoms with van der Waals surface area (Å²) in [4.78, 5) is 13.4. The van der Waals surface area contributed by atoms with Crippen molar-refractivity contribution in [3.8, 4) is 0 Å². The zero-order valence-corrected chi connectivity index (χ0v) is 13.3. The number of thiophene rings is 1. The van der Waals surface area contributed by atoms with E-state index in [1.807, 2.05) is 13.0 Å². The maximum Gasteiger partial charge on any atom is 0.261 e. The minimum atomic E-state index is -0.0260. The summed E-state index contributed by atoms with van der Waals surface area (Å²) in [5.74, 6) is 0.121. The van der Waals surface area contributed by atoms with Crippen molar-refractivity contribution in [2.24, 2.45) is 11.7 Å². The van der Waals surface area contributed by atoms with Crippen molar-refractivity contribution in [2.45, 2.75) is 32.2 Å². The van der Waals surface area contributed by atoms with E-state index < -0.39 is 0 Å². The molecule has 98 valence electrons. The molecule has 0 saturated heterocycles. The smallest absolute Gasteiger partial charge is 0.261 e. The van der Waals surface area contributed by atoms with Gasteiger partial charge in [0, 0.05) is 12.0 Å². The molecule has 6 heteroatoms. The van der Waals surface area contributed by atoms with Gasteiger partial charge in [0.2, 0.25) is 0 Å². The van der Waals surface area contributed by atoms with Crippen molar-refractivity contribution in [3.05, 3.63) is 20.3 Å². The molecular weight excluding hydrogens is 332 g/mol. The fraction of sp³-hybridized carbons (Fsp3) is 0.500. The van der Waals surface area contributed by atoms with Crippen molar-refractivity contribution in [3.63, 3.8) is 0 Å². The molecule has 2 rings (SSSR count). The quantitative estimate of drug-likeness (QED) is 0.827. The van der Waals surface area contributed by atoms with Crippen LogP contribution in [-0.4, -0.2) is 16.9 Å². The first-order chi connectivity index (χ1) is 8.49. The molecule has 2 atom stereocenters. The van der Waals surface area contributed by atoms with Gasteiger partial charge in [-0.3, -0.25) is 4.79 Å². The first kappa shape index (κ1) is 14.0. The fourth-order valence-corrected chi connectivity index (χ4v) is 4.00. The van der Waals surface area contributed by atoms with Crippen molar-refractivity contribution < 1.29 is 4.79 Å². The van der Waals surface area contributed by atoms with Gasteiger partial charge in [0.05, 0.1) is 13.7 Å². The first-order valence-electron chi connectivity index (χ1n) is 5.85. The van der Waals surface area contributed by atoms with E-state index in [2.05, 4.69) is 21.2 Å². The molecule has 0 aliphatic heterocycles. The summed E-state index contributed by atoms with van der Waals surface area (Å²) >= 11 is 9.93. The Kier molecular flexibility index (Phi) is 4.40. The second-order valence-corrected chi connectivity index (χ2v) is 7.43. The van der Waals surface area contributed by atoms with Crippen LogP contribution >= 0.6 is 39.5 Å². The Morgan fingerprint density at radius 2 is 2.33 bits per heavy atom. The molecular formula is C12H15BrN2OS2. The number of halogens is 1. The number of hydrogen-bond acceptors (Lipinski definition) is 3. The van der Waals surface area contributed by atoms with Crippen LogP contribution in [0.3, 0.4) is 0 Å². The number of nitrogens with one attached hydrogen (secondary N) is 1. The lowest BCUT2D eigenvalue weighted by atomic mass is 10.0. The SMILES string of the molecule is Cc1cc(C(=O)NC2CCCC2C(N)=S)sc1Br. The predicted octanol–water partition coefficient (Wildman–Crippen LogP) is 3.00. The van der Waals surface area contributed by atoms with Crippen LogP contribution in [0.25, 0.3) is 0 Å². The van der Waals surface area contributed by atoms with Gasteiger partial charge in [-0.25, -0.2) is 0 Å². The monoisotopic (exact) mass is 346 g/mol. The summed E-state index contributed by atoms with van der Waals surface area (Å²) in [5.41, 5.74) is 6.79. The lowest BCUT2D eigenvalue weighted by molar-refractivity contribution is 0.0938. The van der Waals surface area contributed by atoms with Gasteiger partial charge < -0.3 is 11.1 Å². The van der Waals surface area contributed by atoms with Gasteiger partial charge >= 0.3 is 0 Å². The second kappa shape index (κ2) is 5.67. The number of hydrogen-bond donors (Lipinski definition) is 2. The molecule has 1 heterocycles. The number of amides is 1. The number of carbonyl (C=O) groups is 1. The van der Waals surface area contributed by atoms with Gasteiger partial charge in [0.1, 0.15) is 0 Å². The topological polar surface area (TPSA) is 55.1 Å². The van der Waals surface area contributed by atoms with E-state index in [1.54, 1.807) is 0 Å². The zero-order valence-electron chi connectivity index (χ0n) is 10.0. The van der Waals surface area contributed by atoms with Crippen molar-refractivity contribution in [2.75, 3.05) is 0 Å². The summed E-state index contributed by atoms with van der Waals surface area (Å²) in [5, 5.41) is 3.05. The van der Waals surface area contributed by atoms with Crippen molar-refractivity contribution >= 4 is 50.4 Å². The Balaban J connectivity index is 2.05. The molecule has 1 amide bonds. The summed E-state index contributed by atoms with van der Waals surface area (Å²) in [6, 6.07) is 1.99. The van der Waals surface area contributed by atoms with Crippen LogP contribution in [0.5, 0.6) is 0 Å². The summed E-state index contributed by atoms with van der Waals surface area (Å²) in [7, 11) is 0. The largest absolute Gasteiger partial charge is 0.393 e. The minimum Gasteiger partial charge on any atom is -0.393 e. The molecule has 1 fully saturated rings. The van der Waals surface area contributed by atoms with Crippen LogP contribution in [-0.2, 0) is 0 Å². The van der Waals surface area contributed by atoms with Crippen LogP contribution in [0.4, 0.5) is 0 Å². The van der Waals surface area contributed by atoms with Crippen molar-refractivity contribution in [1.82, 2.24) is 5.32 Å². The van der Waals surface area contributed by atoms with Crippen molar-refractivity contribution in [1.29, 1.82) is 0 Å². The lowest BCUT2D eigenvalue weighted by Gasteiger charge is -2.19. The Bertz CT molecular complexity index is 467. The molecule has 3 N–H and O–H groups in total. The third-order valence-electron chi connectivity index (χ3n) is 3.28. The Morgan fingerprint density at radius 3 is 2.89 bits per heavy atom. The third-order valence-corrected chi connectivity index (χ3v) is 5.72. The van der Waals surface area contributed by atoms with Crippen LogP contribution in [0.1, 0.15) is 34.5 Å². The van der Waals surface area contributed by atoms with Gasteiger partial charge in [-0.05, 0) is 47.3 Å². The van der Waals surface area contributed by atoms with Crippen LogP contribution in [0.15, 0.2) is 9.85 Å². The fourth-order valence-electron chi connectivity index (χ4n) is 2.28. The number of nitrogens with two attached hydrogens (primary N) is 1. The molecule has 1 saturated carbocycles. The highest BCUT2D eigenvalue weighted by Gasteiger charge is 2.31. The van der Waals surface area contributed by atoms with E-state index >= 15 is 0 Å². The normalized spacial score (nSPS) is 23.0.